The van der Waals surface area contributed by atoms with E-state index in [9.17, 15) is 13.6 Å². The molecule has 0 bridgehead atoms. The van der Waals surface area contributed by atoms with Crippen molar-refractivity contribution in [2.24, 2.45) is 0 Å². The number of alkyl halides is 2. The van der Waals surface area contributed by atoms with E-state index < -0.39 is 6.61 Å². The topological polar surface area (TPSA) is 52.3 Å². The smallest absolute Gasteiger partial charge is 0.387 e. The molecule has 2 N–H and O–H groups in total. The highest BCUT2D eigenvalue weighted by atomic mass is 35.5. The Hall–Kier alpha value is -1.36. The van der Waals surface area contributed by atoms with Crippen molar-refractivity contribution in [3.8, 4) is 5.75 Å². The van der Waals surface area contributed by atoms with Gasteiger partial charge in [0, 0.05) is 5.56 Å². The molecule has 1 aromatic carbocycles. The van der Waals surface area contributed by atoms with Gasteiger partial charge in [-0.1, -0.05) is 11.6 Å². The van der Waals surface area contributed by atoms with Crippen LogP contribution in [0.4, 0.5) is 14.5 Å². The molecule has 82 valence electrons. The molecule has 0 aliphatic rings. The van der Waals surface area contributed by atoms with Crippen molar-refractivity contribution in [1.29, 1.82) is 0 Å². The van der Waals surface area contributed by atoms with Gasteiger partial charge in [0.15, 0.2) is 11.5 Å². The number of carbonyl (C=O) groups is 1. The maximum absolute atomic E-state index is 12.0. The normalized spacial score (nSPS) is 10.5. The Balaban J connectivity index is 3.24. The molecule has 0 unspecified atom stereocenters. The van der Waals surface area contributed by atoms with E-state index in [0.29, 0.717) is 0 Å². The predicted octanol–water partition coefficient (Wildman–Crippen LogP) is 2.73. The highest BCUT2D eigenvalue weighted by Gasteiger charge is 2.16. The highest BCUT2D eigenvalue weighted by Crippen LogP contribution is 2.34. The van der Waals surface area contributed by atoms with Crippen LogP contribution >= 0.6 is 11.6 Å². The lowest BCUT2D eigenvalue weighted by molar-refractivity contribution is -0.0493. The summed E-state index contributed by atoms with van der Waals surface area (Å²) in [5.41, 5.74) is 5.41. The number of Topliss-reactive ketones (excluding diaryl/α,β-unsaturated/α-hetero) is 1. The minimum Gasteiger partial charge on any atom is -0.431 e. The monoisotopic (exact) mass is 235 g/mol. The first-order chi connectivity index (χ1) is 6.93. The summed E-state index contributed by atoms with van der Waals surface area (Å²) in [6.07, 6.45) is 0. The van der Waals surface area contributed by atoms with Crippen molar-refractivity contribution >= 4 is 23.1 Å². The van der Waals surface area contributed by atoms with Crippen LogP contribution in [0.1, 0.15) is 17.3 Å². The van der Waals surface area contributed by atoms with E-state index in [1.807, 2.05) is 0 Å². The molecular weight excluding hydrogens is 228 g/mol. The number of anilines is 1. The molecule has 0 aliphatic heterocycles. The molecule has 3 nitrogen and oxygen atoms in total. The lowest BCUT2D eigenvalue weighted by Gasteiger charge is -2.11. The zero-order valence-electron chi connectivity index (χ0n) is 7.76. The number of nitrogen functional groups attached to an aromatic ring is 1. The van der Waals surface area contributed by atoms with Crippen molar-refractivity contribution in [2.75, 3.05) is 5.73 Å². The Morgan fingerprint density at radius 3 is 2.60 bits per heavy atom. The number of ketones is 1. The molecule has 1 aromatic rings. The maximum Gasteiger partial charge on any atom is 0.387 e. The largest absolute Gasteiger partial charge is 0.431 e. The number of halogens is 3. The number of carbonyl (C=O) groups excluding carboxylic acids is 1. The first kappa shape index (κ1) is 11.7. The zero-order chi connectivity index (χ0) is 11.6. The van der Waals surface area contributed by atoms with Gasteiger partial charge in [0.1, 0.15) is 0 Å². The number of hydrogen-bond acceptors (Lipinski definition) is 3. The van der Waals surface area contributed by atoms with Crippen LogP contribution in [-0.4, -0.2) is 12.4 Å². The van der Waals surface area contributed by atoms with E-state index in [4.69, 9.17) is 17.3 Å². The van der Waals surface area contributed by atoms with Gasteiger partial charge >= 0.3 is 6.61 Å². The van der Waals surface area contributed by atoms with Crippen LogP contribution in [0, 0.1) is 0 Å². The third kappa shape index (κ3) is 2.56. The van der Waals surface area contributed by atoms with Crippen LogP contribution in [0.5, 0.6) is 5.75 Å². The molecule has 0 fully saturated rings. The summed E-state index contributed by atoms with van der Waals surface area (Å²) in [7, 11) is 0. The molecule has 0 amide bonds. The Kier molecular flexibility index (Phi) is 3.47. The van der Waals surface area contributed by atoms with Gasteiger partial charge in [0.2, 0.25) is 0 Å². The minimum absolute atomic E-state index is 0.0576. The number of nitrogens with two attached hydrogens (primary N) is 1. The van der Waals surface area contributed by atoms with Crippen molar-refractivity contribution in [3.05, 3.63) is 22.7 Å². The zero-order valence-corrected chi connectivity index (χ0v) is 8.52. The molecule has 15 heavy (non-hydrogen) atoms. The van der Waals surface area contributed by atoms with Crippen molar-refractivity contribution in [2.45, 2.75) is 13.5 Å². The number of hydrogen-bond donors (Lipinski definition) is 1. The van der Waals surface area contributed by atoms with Gasteiger partial charge in [-0.15, -0.1) is 0 Å². The molecule has 0 spiro atoms. The van der Waals surface area contributed by atoms with Gasteiger partial charge in [-0.25, -0.2) is 0 Å². The molecule has 0 saturated heterocycles. The maximum atomic E-state index is 12.0. The predicted molar refractivity (Wildman–Crippen MR) is 52.5 cm³/mol. The second-order valence-electron chi connectivity index (χ2n) is 2.77. The third-order valence-corrected chi connectivity index (χ3v) is 2.03. The van der Waals surface area contributed by atoms with Crippen LogP contribution in [0.15, 0.2) is 12.1 Å². The summed E-state index contributed by atoms with van der Waals surface area (Å²) >= 11 is 5.60. The quantitative estimate of drug-likeness (QED) is 0.647. The van der Waals surface area contributed by atoms with Gasteiger partial charge in [0.05, 0.1) is 10.7 Å². The van der Waals surface area contributed by atoms with Crippen LogP contribution in [-0.2, 0) is 0 Å². The Morgan fingerprint density at radius 1 is 1.53 bits per heavy atom. The van der Waals surface area contributed by atoms with E-state index >= 15 is 0 Å². The lowest BCUT2D eigenvalue weighted by Crippen LogP contribution is -2.08. The summed E-state index contributed by atoms with van der Waals surface area (Å²) in [6, 6.07) is 2.64. The van der Waals surface area contributed by atoms with Crippen LogP contribution in [0.3, 0.4) is 0 Å². The van der Waals surface area contributed by atoms with E-state index in [1.165, 1.54) is 19.1 Å². The van der Waals surface area contributed by atoms with Crippen LogP contribution < -0.4 is 10.5 Å². The van der Waals surface area contributed by atoms with Crippen LogP contribution in [0.2, 0.25) is 5.02 Å². The average Bonchev–Trinajstić information content (AvgIpc) is 2.11. The Labute approximate surface area is 89.8 Å². The molecule has 6 heteroatoms. The third-order valence-electron chi connectivity index (χ3n) is 1.73. The Bertz CT molecular complexity index is 396. The molecule has 0 saturated carbocycles. The second-order valence-corrected chi connectivity index (χ2v) is 3.18. The molecule has 0 radical (unpaired) electrons. The molecule has 0 atom stereocenters. The van der Waals surface area contributed by atoms with Crippen molar-refractivity contribution in [1.82, 2.24) is 0 Å². The van der Waals surface area contributed by atoms with Crippen molar-refractivity contribution in [3.63, 3.8) is 0 Å². The average molecular weight is 236 g/mol. The SMILES string of the molecule is CC(=O)c1ccc(Cl)c(OC(F)F)c1N. The minimum atomic E-state index is -3.04. The van der Waals surface area contributed by atoms with Crippen LogP contribution in [0.25, 0.3) is 0 Å². The van der Waals surface area contributed by atoms with Gasteiger partial charge in [-0.2, -0.15) is 8.78 Å². The van der Waals surface area contributed by atoms with Gasteiger partial charge in [0.25, 0.3) is 0 Å². The number of rotatable bonds is 3. The van der Waals surface area contributed by atoms with E-state index in [0.717, 1.165) is 0 Å². The standard InChI is InChI=1S/C9H8ClF2NO2/c1-4(14)5-2-3-6(10)8(7(5)13)15-9(11)12/h2-3,9H,13H2,1H3. The molecule has 0 aliphatic carbocycles. The summed E-state index contributed by atoms with van der Waals surface area (Å²) in [4.78, 5) is 11.0. The molecule has 0 aromatic heterocycles. The summed E-state index contributed by atoms with van der Waals surface area (Å²) < 4.78 is 28.1. The number of benzene rings is 1. The fraction of sp³-hybridized carbons (Fsp3) is 0.222. The highest BCUT2D eigenvalue weighted by molar-refractivity contribution is 6.32. The molecule has 1 rings (SSSR count). The Morgan fingerprint density at radius 2 is 2.13 bits per heavy atom. The fourth-order valence-electron chi connectivity index (χ4n) is 1.09. The second kappa shape index (κ2) is 4.44. The van der Waals surface area contributed by atoms with E-state index in [1.54, 1.807) is 0 Å². The number of ether oxygens (including phenoxy) is 1. The molecular formula is C9H8ClF2NO2. The van der Waals surface area contributed by atoms with Gasteiger partial charge in [-0.05, 0) is 19.1 Å². The summed E-state index contributed by atoms with van der Waals surface area (Å²) in [5, 5.41) is -0.0576. The summed E-state index contributed by atoms with van der Waals surface area (Å²) in [6.45, 7) is -1.77. The van der Waals surface area contributed by atoms with Gasteiger partial charge < -0.3 is 10.5 Å². The first-order valence-electron chi connectivity index (χ1n) is 3.97. The lowest BCUT2D eigenvalue weighted by atomic mass is 10.1. The first-order valence-corrected chi connectivity index (χ1v) is 4.35. The van der Waals surface area contributed by atoms with E-state index in [-0.39, 0.29) is 27.8 Å². The fourth-order valence-corrected chi connectivity index (χ4v) is 1.30. The summed E-state index contributed by atoms with van der Waals surface area (Å²) in [5.74, 6) is -0.706. The molecule has 0 heterocycles. The van der Waals surface area contributed by atoms with Crippen molar-refractivity contribution < 1.29 is 18.3 Å². The van der Waals surface area contributed by atoms with Gasteiger partial charge in [-0.3, -0.25) is 4.79 Å². The van der Waals surface area contributed by atoms with E-state index in [2.05, 4.69) is 4.74 Å².